The van der Waals surface area contributed by atoms with Crippen LogP contribution in [0.2, 0.25) is 0 Å². The first-order chi connectivity index (χ1) is 7.38. The van der Waals surface area contributed by atoms with Gasteiger partial charge in [0, 0.05) is 0 Å². The third-order valence-corrected chi connectivity index (χ3v) is 2.25. The number of rotatable bonds is 1. The molecule has 0 amide bonds. The predicted molar refractivity (Wildman–Crippen MR) is 57.9 cm³/mol. The average Bonchev–Trinajstić information content (AvgIpc) is 2.16. The Kier molecular flexibility index (Phi) is 4.29. The molecule has 1 N–H and O–H groups in total. The molecular weight excluding hydrogens is 210 g/mol. The summed E-state index contributed by atoms with van der Waals surface area (Å²) >= 11 is 0. The Morgan fingerprint density at radius 3 is 2.25 bits per heavy atom. The molecule has 0 aromatic carbocycles. The molecule has 0 aliphatic carbocycles. The number of hydrogen-bond acceptors (Lipinski definition) is 5. The van der Waals surface area contributed by atoms with Crippen LogP contribution in [0, 0.1) is 5.92 Å². The van der Waals surface area contributed by atoms with Gasteiger partial charge in [-0.2, -0.15) is 0 Å². The van der Waals surface area contributed by atoms with Crippen LogP contribution in [0.5, 0.6) is 0 Å². The molecule has 5 nitrogen and oxygen atoms in total. The van der Waals surface area contributed by atoms with Gasteiger partial charge in [-0.1, -0.05) is 0 Å². The Bertz CT molecular complexity index is 264. The molecule has 0 radical (unpaired) electrons. The lowest BCUT2D eigenvalue weighted by Crippen LogP contribution is -2.34. The summed E-state index contributed by atoms with van der Waals surface area (Å²) in [6, 6.07) is 0. The van der Waals surface area contributed by atoms with Crippen molar-refractivity contribution in [2.24, 2.45) is 5.92 Å². The second-order valence-corrected chi connectivity index (χ2v) is 4.91. The number of carbonyl (C=O) groups excluding carboxylic acids is 2. The third-order valence-electron chi connectivity index (χ3n) is 2.25. The lowest BCUT2D eigenvalue weighted by molar-refractivity contribution is -0.147. The lowest BCUT2D eigenvalue weighted by Gasteiger charge is -2.22. The Hall–Kier alpha value is -1.10. The van der Waals surface area contributed by atoms with Crippen LogP contribution in [-0.4, -0.2) is 30.8 Å². The molecular formula is C11H19NO4. The maximum Gasteiger partial charge on any atom is 0.516 e. The average molecular weight is 229 g/mol. The first kappa shape index (κ1) is 13.0. The Balaban J connectivity index is 2.35. The summed E-state index contributed by atoms with van der Waals surface area (Å²) in [6.07, 6.45) is 0.513. The van der Waals surface area contributed by atoms with Crippen molar-refractivity contribution in [1.82, 2.24) is 5.32 Å². The van der Waals surface area contributed by atoms with Crippen molar-refractivity contribution in [2.45, 2.75) is 39.2 Å². The monoisotopic (exact) mass is 229 g/mol. The van der Waals surface area contributed by atoms with Crippen LogP contribution in [0.15, 0.2) is 0 Å². The second-order valence-electron chi connectivity index (χ2n) is 4.91. The van der Waals surface area contributed by atoms with Crippen LogP contribution in [0.3, 0.4) is 0 Å². The summed E-state index contributed by atoms with van der Waals surface area (Å²) < 4.78 is 9.54. The van der Waals surface area contributed by atoms with E-state index < -0.39 is 17.7 Å². The summed E-state index contributed by atoms with van der Waals surface area (Å²) in [4.78, 5) is 22.8. The maximum absolute atomic E-state index is 11.5. The van der Waals surface area contributed by atoms with E-state index in [1.54, 1.807) is 20.8 Å². The van der Waals surface area contributed by atoms with Crippen molar-refractivity contribution in [1.29, 1.82) is 0 Å². The molecule has 0 spiro atoms. The first-order valence-corrected chi connectivity index (χ1v) is 5.54. The van der Waals surface area contributed by atoms with Crippen molar-refractivity contribution in [2.75, 3.05) is 13.1 Å². The van der Waals surface area contributed by atoms with Gasteiger partial charge < -0.3 is 14.8 Å². The highest BCUT2D eigenvalue weighted by molar-refractivity contribution is 5.83. The largest absolute Gasteiger partial charge is 0.516 e. The highest BCUT2D eigenvalue weighted by Gasteiger charge is 2.27. The molecule has 0 unspecified atom stereocenters. The zero-order valence-electron chi connectivity index (χ0n) is 10.0. The molecule has 5 heteroatoms. The fraction of sp³-hybridized carbons (Fsp3) is 0.818. The fourth-order valence-corrected chi connectivity index (χ4v) is 1.49. The van der Waals surface area contributed by atoms with E-state index in [0.29, 0.717) is 12.8 Å². The standard InChI is InChI=1S/C11H19NO4/c1-11(2,3)16-10(14)15-9(13)8-4-6-12-7-5-8/h8,12H,4-7H2,1-3H3. The predicted octanol–water partition coefficient (Wildman–Crippen LogP) is 1.46. The van der Waals surface area contributed by atoms with Crippen LogP contribution in [-0.2, 0) is 14.3 Å². The second kappa shape index (κ2) is 5.30. The van der Waals surface area contributed by atoms with Gasteiger partial charge in [0.05, 0.1) is 5.92 Å². The SMILES string of the molecule is CC(C)(C)OC(=O)OC(=O)C1CCNCC1. The number of carbonyl (C=O) groups is 2. The molecule has 92 valence electrons. The summed E-state index contributed by atoms with van der Waals surface area (Å²) in [5.74, 6) is -0.662. The highest BCUT2D eigenvalue weighted by atomic mass is 16.7. The Labute approximate surface area is 95.5 Å². The molecule has 1 heterocycles. The highest BCUT2D eigenvalue weighted by Crippen LogP contribution is 2.15. The van der Waals surface area contributed by atoms with Gasteiger partial charge >= 0.3 is 12.1 Å². The number of esters is 1. The molecule has 1 saturated heterocycles. The van der Waals surface area contributed by atoms with Crippen molar-refractivity contribution < 1.29 is 19.1 Å². The molecule has 0 saturated carbocycles. The maximum atomic E-state index is 11.5. The smallest absolute Gasteiger partial charge is 0.428 e. The first-order valence-electron chi connectivity index (χ1n) is 5.54. The Morgan fingerprint density at radius 1 is 1.19 bits per heavy atom. The van der Waals surface area contributed by atoms with Crippen molar-refractivity contribution in [3.05, 3.63) is 0 Å². The van der Waals surface area contributed by atoms with E-state index in [-0.39, 0.29) is 5.92 Å². The van der Waals surface area contributed by atoms with Crippen LogP contribution in [0.25, 0.3) is 0 Å². The van der Waals surface area contributed by atoms with Gasteiger partial charge in [0.25, 0.3) is 0 Å². The zero-order chi connectivity index (χ0) is 12.2. The molecule has 1 aliphatic rings. The van der Waals surface area contributed by atoms with E-state index in [0.717, 1.165) is 13.1 Å². The summed E-state index contributed by atoms with van der Waals surface area (Å²) in [5, 5.41) is 3.14. The van der Waals surface area contributed by atoms with Crippen molar-refractivity contribution in [3.8, 4) is 0 Å². The summed E-state index contributed by atoms with van der Waals surface area (Å²) in [7, 11) is 0. The minimum atomic E-state index is -0.906. The van der Waals surface area contributed by atoms with E-state index >= 15 is 0 Å². The molecule has 0 bridgehead atoms. The van der Waals surface area contributed by atoms with E-state index in [1.165, 1.54) is 0 Å². The van der Waals surface area contributed by atoms with Gasteiger partial charge in [-0.25, -0.2) is 4.79 Å². The van der Waals surface area contributed by atoms with Crippen molar-refractivity contribution in [3.63, 3.8) is 0 Å². The van der Waals surface area contributed by atoms with E-state index in [9.17, 15) is 9.59 Å². The van der Waals surface area contributed by atoms with E-state index in [1.807, 2.05) is 0 Å². The minimum Gasteiger partial charge on any atom is -0.428 e. The molecule has 0 aromatic rings. The number of piperidine rings is 1. The van der Waals surface area contributed by atoms with E-state index in [2.05, 4.69) is 10.1 Å². The van der Waals surface area contributed by atoms with Crippen LogP contribution in [0.4, 0.5) is 4.79 Å². The van der Waals surface area contributed by atoms with E-state index in [4.69, 9.17) is 4.74 Å². The summed E-state index contributed by atoms with van der Waals surface area (Å²) in [6.45, 7) is 6.75. The van der Waals surface area contributed by atoms with Crippen LogP contribution >= 0.6 is 0 Å². The van der Waals surface area contributed by atoms with Crippen molar-refractivity contribution >= 4 is 12.1 Å². The van der Waals surface area contributed by atoms with Gasteiger partial charge in [0.1, 0.15) is 5.60 Å². The molecule has 0 aromatic heterocycles. The van der Waals surface area contributed by atoms with Gasteiger partial charge in [-0.15, -0.1) is 0 Å². The van der Waals surface area contributed by atoms with Gasteiger partial charge in [0.2, 0.25) is 0 Å². The van der Waals surface area contributed by atoms with Crippen LogP contribution < -0.4 is 5.32 Å². The third kappa shape index (κ3) is 4.61. The van der Waals surface area contributed by atoms with Crippen LogP contribution in [0.1, 0.15) is 33.6 Å². The quantitative estimate of drug-likeness (QED) is 0.545. The fourth-order valence-electron chi connectivity index (χ4n) is 1.49. The molecule has 1 fully saturated rings. The normalized spacial score (nSPS) is 17.9. The zero-order valence-corrected chi connectivity index (χ0v) is 10.0. The number of ether oxygens (including phenoxy) is 2. The topological polar surface area (TPSA) is 64.6 Å². The molecule has 0 atom stereocenters. The minimum absolute atomic E-state index is 0.186. The number of hydrogen-bond donors (Lipinski definition) is 1. The van der Waals surface area contributed by atoms with Gasteiger partial charge in [-0.05, 0) is 46.7 Å². The summed E-state index contributed by atoms with van der Waals surface area (Å²) in [5.41, 5.74) is -0.633. The van der Waals surface area contributed by atoms with Gasteiger partial charge in [0.15, 0.2) is 0 Å². The lowest BCUT2D eigenvalue weighted by atomic mass is 9.99. The molecule has 16 heavy (non-hydrogen) atoms. The number of nitrogens with one attached hydrogen (secondary N) is 1. The molecule has 1 rings (SSSR count). The molecule has 1 aliphatic heterocycles. The van der Waals surface area contributed by atoms with Gasteiger partial charge in [-0.3, -0.25) is 4.79 Å². The Morgan fingerprint density at radius 2 is 1.75 bits per heavy atom.